The number of ether oxygens (including phenoxy) is 2. The van der Waals surface area contributed by atoms with Crippen LogP contribution in [0.2, 0.25) is 5.02 Å². The van der Waals surface area contributed by atoms with Crippen LogP contribution in [0.15, 0.2) is 70.7 Å². The van der Waals surface area contributed by atoms with Crippen LogP contribution in [-0.2, 0) is 20.7 Å². The minimum atomic E-state index is -0.513. The van der Waals surface area contributed by atoms with E-state index in [9.17, 15) is 9.90 Å². The first-order chi connectivity index (χ1) is 17.5. The summed E-state index contributed by atoms with van der Waals surface area (Å²) >= 11 is 5.96. The van der Waals surface area contributed by atoms with Crippen molar-refractivity contribution in [3.8, 4) is 0 Å². The van der Waals surface area contributed by atoms with E-state index in [4.69, 9.17) is 21.1 Å². The largest absolute Gasteiger partial charge is 0.429 e. The number of carbonyl (C=O) groups excluding carboxylic acids is 1. The molecule has 0 radical (unpaired) electrons. The molecule has 5 rings (SSSR count). The van der Waals surface area contributed by atoms with E-state index >= 15 is 0 Å². The summed E-state index contributed by atoms with van der Waals surface area (Å²) in [6, 6.07) is 8.22. The molecule has 0 aromatic heterocycles. The molecule has 1 saturated carbocycles. The normalized spacial score (nSPS) is 25.2. The number of benzene rings is 1. The van der Waals surface area contributed by atoms with Crippen LogP contribution in [0.25, 0.3) is 0 Å². The molecule has 1 aromatic rings. The number of carbonyl (C=O) groups is 1. The molecular weight excluding hydrogens is 474 g/mol. The molecule has 2 heterocycles. The molecule has 5 nitrogen and oxygen atoms in total. The van der Waals surface area contributed by atoms with Gasteiger partial charge in [0.25, 0.3) is 0 Å². The molecule has 192 valence electrons. The van der Waals surface area contributed by atoms with Crippen LogP contribution in [0.5, 0.6) is 0 Å². The van der Waals surface area contributed by atoms with Gasteiger partial charge in [-0.2, -0.15) is 0 Å². The van der Waals surface area contributed by atoms with Crippen molar-refractivity contribution >= 4 is 17.6 Å². The van der Waals surface area contributed by atoms with Gasteiger partial charge in [0.1, 0.15) is 5.76 Å². The van der Waals surface area contributed by atoms with Crippen molar-refractivity contribution in [3.63, 3.8) is 0 Å². The van der Waals surface area contributed by atoms with Crippen LogP contribution < -0.4 is 0 Å². The second kappa shape index (κ2) is 11.4. The van der Waals surface area contributed by atoms with Gasteiger partial charge in [-0.15, -0.1) is 0 Å². The fourth-order valence-corrected chi connectivity index (χ4v) is 6.27. The summed E-state index contributed by atoms with van der Waals surface area (Å²) in [4.78, 5) is 14.3. The van der Waals surface area contributed by atoms with Crippen LogP contribution >= 0.6 is 11.6 Å². The number of nitrogens with zero attached hydrogens (tertiary/aromatic N) is 1. The lowest BCUT2D eigenvalue weighted by Gasteiger charge is -2.50. The van der Waals surface area contributed by atoms with Crippen LogP contribution in [-0.4, -0.2) is 47.9 Å². The summed E-state index contributed by atoms with van der Waals surface area (Å²) in [6.07, 6.45) is 14.2. The fraction of sp³-hybridized carbons (Fsp3) is 0.500. The predicted octanol–water partition coefficient (Wildman–Crippen LogP) is 5.89. The van der Waals surface area contributed by atoms with Gasteiger partial charge in [0.05, 0.1) is 24.4 Å². The van der Waals surface area contributed by atoms with Crippen molar-refractivity contribution in [2.75, 3.05) is 19.8 Å². The highest BCUT2D eigenvalue weighted by molar-refractivity contribution is 6.30. The van der Waals surface area contributed by atoms with Gasteiger partial charge in [0, 0.05) is 37.4 Å². The number of hydrogen-bond donors (Lipinski definition) is 1. The number of aliphatic hydroxyl groups excluding tert-OH is 1. The van der Waals surface area contributed by atoms with Crippen molar-refractivity contribution in [1.29, 1.82) is 0 Å². The van der Waals surface area contributed by atoms with Crippen molar-refractivity contribution in [2.24, 2.45) is 5.92 Å². The van der Waals surface area contributed by atoms with Crippen LogP contribution in [0.1, 0.15) is 57.4 Å². The first-order valence-electron chi connectivity index (χ1n) is 13.3. The molecule has 1 aromatic carbocycles. The first kappa shape index (κ1) is 25.3. The van der Waals surface area contributed by atoms with E-state index in [1.807, 2.05) is 24.3 Å². The van der Waals surface area contributed by atoms with Gasteiger partial charge in [-0.25, -0.2) is 0 Å². The van der Waals surface area contributed by atoms with Crippen molar-refractivity contribution in [3.05, 3.63) is 81.3 Å². The van der Waals surface area contributed by atoms with E-state index in [0.717, 1.165) is 49.4 Å². The molecule has 0 saturated heterocycles. The number of esters is 1. The zero-order valence-electron chi connectivity index (χ0n) is 21.0. The van der Waals surface area contributed by atoms with E-state index < -0.39 is 6.10 Å². The van der Waals surface area contributed by atoms with Crippen molar-refractivity contribution < 1.29 is 19.4 Å². The third-order valence-electron chi connectivity index (χ3n) is 7.70. The van der Waals surface area contributed by atoms with E-state index in [1.54, 1.807) is 0 Å². The average Bonchev–Trinajstić information content (AvgIpc) is 2.86. The van der Waals surface area contributed by atoms with Gasteiger partial charge in [-0.3, -0.25) is 4.79 Å². The molecule has 1 N–H and O–H groups in total. The molecule has 0 amide bonds. The summed E-state index contributed by atoms with van der Waals surface area (Å²) in [5.74, 6) is 0.407. The highest BCUT2D eigenvalue weighted by atomic mass is 35.5. The van der Waals surface area contributed by atoms with Gasteiger partial charge in [0.15, 0.2) is 0 Å². The van der Waals surface area contributed by atoms with E-state index in [0.29, 0.717) is 31.4 Å². The quantitative estimate of drug-likeness (QED) is 0.350. The standard InChI is InChI=1S/C30H36ClNO4/c1-20(33)36-29-18-24(34)19-32-28-7-3-2-6-26(28)25-13-10-22(17-27(25)30(29)32)5-4-15-35-16-14-21-8-11-23(31)12-9-21/h8-13,17,24,27-28,34H,2-7,14-16,18-19H2,1H3/t24-,27?,28+/m1/s1. The molecule has 4 aliphatic rings. The Kier molecular flexibility index (Phi) is 8.00. The molecule has 36 heavy (non-hydrogen) atoms. The third kappa shape index (κ3) is 5.64. The number of fused-ring (bicyclic) bond motifs is 5. The van der Waals surface area contributed by atoms with Crippen LogP contribution in [0, 0.1) is 5.92 Å². The lowest BCUT2D eigenvalue weighted by atomic mass is 9.72. The maximum atomic E-state index is 11.9. The Morgan fingerprint density at radius 2 is 1.97 bits per heavy atom. The minimum Gasteiger partial charge on any atom is -0.429 e. The Hall–Kier alpha value is -2.34. The minimum absolute atomic E-state index is 0.0852. The lowest BCUT2D eigenvalue weighted by molar-refractivity contribution is -0.138. The van der Waals surface area contributed by atoms with Crippen LogP contribution in [0.4, 0.5) is 0 Å². The predicted molar refractivity (Wildman–Crippen MR) is 141 cm³/mol. The van der Waals surface area contributed by atoms with Gasteiger partial charge >= 0.3 is 5.97 Å². The Bertz CT molecular complexity index is 1100. The summed E-state index contributed by atoms with van der Waals surface area (Å²) in [7, 11) is 0. The second-order valence-electron chi connectivity index (χ2n) is 10.3. The number of hydrogen-bond acceptors (Lipinski definition) is 5. The second-order valence-corrected chi connectivity index (χ2v) is 10.7. The maximum Gasteiger partial charge on any atom is 0.307 e. The Balaban J connectivity index is 1.27. The van der Waals surface area contributed by atoms with Gasteiger partial charge < -0.3 is 19.5 Å². The maximum absolute atomic E-state index is 11.9. The van der Waals surface area contributed by atoms with E-state index in [-0.39, 0.29) is 11.9 Å². The van der Waals surface area contributed by atoms with Crippen LogP contribution in [0.3, 0.4) is 0 Å². The summed E-state index contributed by atoms with van der Waals surface area (Å²) < 4.78 is 11.6. The number of rotatable bonds is 8. The first-order valence-corrected chi connectivity index (χ1v) is 13.7. The Morgan fingerprint density at radius 1 is 1.14 bits per heavy atom. The van der Waals surface area contributed by atoms with E-state index in [2.05, 4.69) is 23.1 Å². The molecule has 1 fully saturated rings. The van der Waals surface area contributed by atoms with E-state index in [1.165, 1.54) is 42.0 Å². The summed E-state index contributed by atoms with van der Waals surface area (Å²) in [5.41, 5.74) is 6.48. The number of halogens is 1. The Labute approximate surface area is 219 Å². The highest BCUT2D eigenvalue weighted by Crippen LogP contribution is 2.48. The highest BCUT2D eigenvalue weighted by Gasteiger charge is 2.43. The smallest absolute Gasteiger partial charge is 0.307 e. The topological polar surface area (TPSA) is 59.0 Å². The molecular formula is C30H36ClNO4. The average molecular weight is 510 g/mol. The molecule has 0 spiro atoms. The van der Waals surface area contributed by atoms with Gasteiger partial charge in [-0.1, -0.05) is 54.0 Å². The molecule has 2 aliphatic heterocycles. The SMILES string of the molecule is CC(=O)OC1=C2C3C=C(CCCOCCc4ccc(Cl)cc4)C=CC3=C3CCCC[C@@H]3N2C[C@H](O)C1. The summed E-state index contributed by atoms with van der Waals surface area (Å²) in [6.45, 7) is 3.47. The molecule has 6 heteroatoms. The number of aliphatic hydroxyl groups is 1. The van der Waals surface area contributed by atoms with Gasteiger partial charge in [-0.05, 0) is 67.4 Å². The zero-order chi connectivity index (χ0) is 25.1. The number of allylic oxidation sites excluding steroid dienone is 4. The zero-order valence-corrected chi connectivity index (χ0v) is 21.8. The lowest BCUT2D eigenvalue weighted by Crippen LogP contribution is -2.50. The Morgan fingerprint density at radius 3 is 2.78 bits per heavy atom. The molecule has 3 atom stereocenters. The molecule has 0 bridgehead atoms. The molecule has 1 unspecified atom stereocenters. The van der Waals surface area contributed by atoms with Crippen molar-refractivity contribution in [2.45, 2.75) is 70.4 Å². The van der Waals surface area contributed by atoms with Crippen molar-refractivity contribution in [1.82, 2.24) is 4.90 Å². The fourth-order valence-electron chi connectivity index (χ4n) is 6.14. The monoisotopic (exact) mass is 509 g/mol. The third-order valence-corrected chi connectivity index (χ3v) is 7.96. The van der Waals surface area contributed by atoms with Gasteiger partial charge in [0.2, 0.25) is 0 Å². The molecule has 2 aliphatic carbocycles. The summed E-state index contributed by atoms with van der Waals surface area (Å²) in [5, 5.41) is 11.4.